The molecule has 2 aromatic carbocycles. The molecule has 0 aromatic heterocycles. The summed E-state index contributed by atoms with van der Waals surface area (Å²) in [7, 11) is 0. The maximum Gasteiger partial charge on any atom is 0.407 e. The molecule has 2 N–H and O–H groups in total. The quantitative estimate of drug-likeness (QED) is 0.838. The molecule has 4 nitrogen and oxygen atoms in total. The zero-order valence-electron chi connectivity index (χ0n) is 11.1. The predicted octanol–water partition coefficient (Wildman–Crippen LogP) is 2.67. The van der Waals surface area contributed by atoms with Gasteiger partial charge < -0.3 is 15.1 Å². The average Bonchev–Trinajstić information content (AvgIpc) is 2.46. The Labute approximate surface area is 117 Å². The Morgan fingerprint density at radius 2 is 1.90 bits per heavy atom. The number of hydrogen-bond donors (Lipinski definition) is 2. The van der Waals surface area contributed by atoms with Crippen LogP contribution in [0.5, 0.6) is 0 Å². The number of fused-ring (bicyclic) bond motifs is 1. The van der Waals surface area contributed by atoms with Gasteiger partial charge in [0.15, 0.2) is 0 Å². The van der Waals surface area contributed by atoms with Crippen molar-refractivity contribution >= 4 is 16.9 Å². The first-order valence-electron chi connectivity index (χ1n) is 6.80. The lowest BCUT2D eigenvalue weighted by Gasteiger charge is -2.34. The Kier molecular flexibility index (Phi) is 3.32. The summed E-state index contributed by atoms with van der Waals surface area (Å²) in [5.74, 6) is 0.00945. The molecule has 4 heteroatoms. The molecule has 1 fully saturated rings. The Bertz CT molecular complexity index is 640. The van der Waals surface area contributed by atoms with Gasteiger partial charge in [-0.2, -0.15) is 0 Å². The van der Waals surface area contributed by atoms with Crippen LogP contribution in [0, 0.1) is 0 Å². The van der Waals surface area contributed by atoms with Crippen LogP contribution in [0.25, 0.3) is 10.8 Å². The highest BCUT2D eigenvalue weighted by molar-refractivity contribution is 5.83. The van der Waals surface area contributed by atoms with Crippen molar-refractivity contribution in [3.63, 3.8) is 0 Å². The molecular formula is C16H17NO3. The highest BCUT2D eigenvalue weighted by atomic mass is 16.4. The highest BCUT2D eigenvalue weighted by Crippen LogP contribution is 2.30. The van der Waals surface area contributed by atoms with Crippen molar-refractivity contribution in [2.75, 3.05) is 13.1 Å². The number of nitrogens with zero attached hydrogens (tertiary/aromatic N) is 1. The Morgan fingerprint density at radius 1 is 1.15 bits per heavy atom. The summed E-state index contributed by atoms with van der Waals surface area (Å²) in [4.78, 5) is 12.2. The monoisotopic (exact) mass is 271 g/mol. The molecule has 3 rings (SSSR count). The molecule has 20 heavy (non-hydrogen) atoms. The van der Waals surface area contributed by atoms with Crippen molar-refractivity contribution in [3.8, 4) is 0 Å². The van der Waals surface area contributed by atoms with Gasteiger partial charge in [0.25, 0.3) is 0 Å². The van der Waals surface area contributed by atoms with Crippen molar-refractivity contribution in [2.24, 2.45) is 0 Å². The van der Waals surface area contributed by atoms with E-state index in [2.05, 4.69) is 24.3 Å². The zero-order chi connectivity index (χ0) is 14.1. The normalized spacial score (nSPS) is 22.9. The number of carbonyl (C=O) groups is 1. The second-order valence-electron chi connectivity index (χ2n) is 5.30. The van der Waals surface area contributed by atoms with E-state index in [1.54, 1.807) is 0 Å². The molecule has 0 radical (unpaired) electrons. The number of β-amino-alcohol motifs (C(OH)–C–C–N with tert-alkyl or cyclic N) is 1. The second kappa shape index (κ2) is 5.13. The number of aliphatic hydroxyl groups excluding tert-OH is 1. The predicted molar refractivity (Wildman–Crippen MR) is 76.9 cm³/mol. The van der Waals surface area contributed by atoms with E-state index in [4.69, 9.17) is 5.11 Å². The smallest absolute Gasteiger partial charge is 0.407 e. The van der Waals surface area contributed by atoms with Crippen LogP contribution in [0.15, 0.2) is 42.5 Å². The lowest BCUT2D eigenvalue weighted by atomic mass is 9.86. The first-order chi connectivity index (χ1) is 9.65. The molecule has 1 saturated heterocycles. The number of rotatable bonds is 1. The number of benzene rings is 2. The van der Waals surface area contributed by atoms with E-state index >= 15 is 0 Å². The maximum absolute atomic E-state index is 10.9. The zero-order valence-corrected chi connectivity index (χ0v) is 11.1. The molecule has 1 aliphatic heterocycles. The standard InChI is InChI=1S/C16H17NO3/c18-15-10-17(16(19)20)8-7-14(15)13-6-5-11-3-1-2-4-12(11)9-13/h1-6,9,14-15,18H,7-8,10H2,(H,19,20). The Morgan fingerprint density at radius 3 is 2.60 bits per heavy atom. The lowest BCUT2D eigenvalue weighted by Crippen LogP contribution is -2.45. The fourth-order valence-electron chi connectivity index (χ4n) is 2.93. The largest absolute Gasteiger partial charge is 0.465 e. The number of hydrogen-bond acceptors (Lipinski definition) is 2. The number of likely N-dealkylation sites (tertiary alicyclic amines) is 1. The third kappa shape index (κ3) is 2.34. The van der Waals surface area contributed by atoms with Gasteiger partial charge in [-0.3, -0.25) is 0 Å². The summed E-state index contributed by atoms with van der Waals surface area (Å²) in [5, 5.41) is 21.5. The number of carboxylic acid groups (broad SMARTS) is 1. The molecule has 1 aliphatic rings. The van der Waals surface area contributed by atoms with E-state index in [9.17, 15) is 9.90 Å². The molecule has 0 aliphatic carbocycles. The van der Waals surface area contributed by atoms with Gasteiger partial charge in [-0.15, -0.1) is 0 Å². The minimum Gasteiger partial charge on any atom is -0.465 e. The summed E-state index contributed by atoms with van der Waals surface area (Å²) in [6.07, 6.45) is -0.937. The van der Waals surface area contributed by atoms with Gasteiger partial charge in [-0.25, -0.2) is 4.79 Å². The van der Waals surface area contributed by atoms with Gasteiger partial charge >= 0.3 is 6.09 Å². The number of piperidine rings is 1. The summed E-state index contributed by atoms with van der Waals surface area (Å²) in [6.45, 7) is 0.663. The van der Waals surface area contributed by atoms with Crippen LogP contribution < -0.4 is 0 Å². The van der Waals surface area contributed by atoms with E-state index in [1.165, 1.54) is 10.3 Å². The average molecular weight is 271 g/mol. The van der Waals surface area contributed by atoms with Gasteiger partial charge in [0.1, 0.15) is 0 Å². The highest BCUT2D eigenvalue weighted by Gasteiger charge is 2.30. The van der Waals surface area contributed by atoms with E-state index < -0.39 is 12.2 Å². The van der Waals surface area contributed by atoms with Crippen molar-refractivity contribution in [1.29, 1.82) is 0 Å². The van der Waals surface area contributed by atoms with Gasteiger partial charge in [0.05, 0.1) is 12.6 Å². The summed E-state index contributed by atoms with van der Waals surface area (Å²) in [5.41, 5.74) is 1.08. The minimum absolute atomic E-state index is 0.00945. The molecule has 1 heterocycles. The molecule has 2 aromatic rings. The summed E-state index contributed by atoms with van der Waals surface area (Å²) in [6, 6.07) is 14.3. The van der Waals surface area contributed by atoms with Crippen LogP contribution in [-0.2, 0) is 0 Å². The van der Waals surface area contributed by atoms with Gasteiger partial charge in [0, 0.05) is 12.5 Å². The summed E-state index contributed by atoms with van der Waals surface area (Å²) < 4.78 is 0. The third-order valence-electron chi connectivity index (χ3n) is 4.05. The van der Waals surface area contributed by atoms with E-state index in [0.717, 1.165) is 10.9 Å². The molecule has 0 saturated carbocycles. The van der Waals surface area contributed by atoms with Crippen molar-refractivity contribution in [1.82, 2.24) is 4.90 Å². The minimum atomic E-state index is -0.957. The van der Waals surface area contributed by atoms with Crippen LogP contribution in [0.4, 0.5) is 4.79 Å². The van der Waals surface area contributed by atoms with Gasteiger partial charge in [0.2, 0.25) is 0 Å². The van der Waals surface area contributed by atoms with E-state index in [0.29, 0.717) is 13.0 Å². The van der Waals surface area contributed by atoms with Crippen molar-refractivity contribution in [3.05, 3.63) is 48.0 Å². The van der Waals surface area contributed by atoms with E-state index in [1.807, 2.05) is 18.2 Å². The molecule has 104 valence electrons. The first kappa shape index (κ1) is 12.9. The Balaban J connectivity index is 1.86. The van der Waals surface area contributed by atoms with Crippen molar-refractivity contribution in [2.45, 2.75) is 18.4 Å². The molecule has 1 amide bonds. The van der Waals surface area contributed by atoms with Crippen LogP contribution in [-0.4, -0.2) is 40.4 Å². The topological polar surface area (TPSA) is 60.8 Å². The second-order valence-corrected chi connectivity index (χ2v) is 5.30. The molecule has 0 bridgehead atoms. The molecular weight excluding hydrogens is 254 g/mol. The van der Waals surface area contributed by atoms with Crippen LogP contribution >= 0.6 is 0 Å². The SMILES string of the molecule is O=C(O)N1CCC(c2ccc3ccccc3c2)C(O)C1. The van der Waals surface area contributed by atoms with Crippen LogP contribution in [0.1, 0.15) is 17.9 Å². The summed E-state index contributed by atoms with van der Waals surface area (Å²) >= 11 is 0. The van der Waals surface area contributed by atoms with Crippen LogP contribution in [0.2, 0.25) is 0 Å². The van der Waals surface area contributed by atoms with Gasteiger partial charge in [-0.05, 0) is 22.8 Å². The van der Waals surface area contributed by atoms with Crippen LogP contribution in [0.3, 0.4) is 0 Å². The molecule has 0 spiro atoms. The lowest BCUT2D eigenvalue weighted by molar-refractivity contribution is 0.0504. The fraction of sp³-hybridized carbons (Fsp3) is 0.312. The third-order valence-corrected chi connectivity index (χ3v) is 4.05. The number of aliphatic hydroxyl groups is 1. The fourth-order valence-corrected chi connectivity index (χ4v) is 2.93. The maximum atomic E-state index is 10.9. The molecule has 2 atom stereocenters. The molecule has 2 unspecified atom stereocenters. The van der Waals surface area contributed by atoms with Crippen molar-refractivity contribution < 1.29 is 15.0 Å². The Hall–Kier alpha value is -2.07. The number of amides is 1. The first-order valence-corrected chi connectivity index (χ1v) is 6.80. The van der Waals surface area contributed by atoms with Gasteiger partial charge in [-0.1, -0.05) is 42.5 Å². The van der Waals surface area contributed by atoms with E-state index in [-0.39, 0.29) is 12.5 Å².